The Bertz CT molecular complexity index is 1200. The van der Waals surface area contributed by atoms with Crippen molar-refractivity contribution >= 4 is 33.6 Å². The van der Waals surface area contributed by atoms with Crippen LogP contribution in [0.5, 0.6) is 17.2 Å². The third-order valence-electron chi connectivity index (χ3n) is 4.81. The number of hydrogen-bond donors (Lipinski definition) is 1. The van der Waals surface area contributed by atoms with Crippen LogP contribution in [0, 0.1) is 18.3 Å². The van der Waals surface area contributed by atoms with Gasteiger partial charge in [0, 0.05) is 10.2 Å². The summed E-state index contributed by atoms with van der Waals surface area (Å²) < 4.78 is 17.2. The highest BCUT2D eigenvalue weighted by Gasteiger charge is 2.14. The van der Waals surface area contributed by atoms with Crippen LogP contribution >= 0.6 is 15.9 Å². The largest absolute Gasteiger partial charge is 0.497 e. The topological polar surface area (TPSA) is 80.6 Å². The van der Waals surface area contributed by atoms with E-state index >= 15 is 0 Å². The zero-order valence-corrected chi connectivity index (χ0v) is 20.1. The molecule has 0 unspecified atom stereocenters. The highest BCUT2D eigenvalue weighted by molar-refractivity contribution is 9.10. The van der Waals surface area contributed by atoms with Gasteiger partial charge in [-0.1, -0.05) is 45.8 Å². The monoisotopic (exact) mass is 506 g/mol. The number of amides is 1. The average Bonchev–Trinajstić information content (AvgIpc) is 2.83. The molecule has 0 spiro atoms. The number of halogens is 1. The van der Waals surface area contributed by atoms with Crippen LogP contribution in [0.2, 0.25) is 0 Å². The number of benzene rings is 3. The second-order valence-corrected chi connectivity index (χ2v) is 8.01. The lowest BCUT2D eigenvalue weighted by atomic mass is 10.1. The van der Waals surface area contributed by atoms with Crippen LogP contribution in [-0.4, -0.2) is 20.1 Å². The maximum atomic E-state index is 12.6. The summed E-state index contributed by atoms with van der Waals surface area (Å²) in [6, 6.07) is 20.3. The van der Waals surface area contributed by atoms with Gasteiger partial charge in [-0.15, -0.1) is 0 Å². The number of nitrogens with zero attached hydrogens (tertiary/aromatic N) is 1. The molecule has 0 aromatic heterocycles. The molecule has 0 bridgehead atoms. The number of methoxy groups -OCH3 is 2. The molecule has 33 heavy (non-hydrogen) atoms. The average molecular weight is 507 g/mol. The van der Waals surface area contributed by atoms with Gasteiger partial charge in [-0.3, -0.25) is 4.79 Å². The molecule has 1 amide bonds. The molecule has 0 heterocycles. The lowest BCUT2D eigenvalue weighted by molar-refractivity contribution is -0.112. The molecular weight excluding hydrogens is 484 g/mol. The third kappa shape index (κ3) is 6.37. The summed E-state index contributed by atoms with van der Waals surface area (Å²) in [6.07, 6.45) is 1.50. The molecule has 3 aromatic carbocycles. The Morgan fingerprint density at radius 2 is 1.73 bits per heavy atom. The minimum atomic E-state index is -0.520. The summed E-state index contributed by atoms with van der Waals surface area (Å²) >= 11 is 3.50. The smallest absolute Gasteiger partial charge is 0.266 e. The summed E-state index contributed by atoms with van der Waals surface area (Å²) in [4.78, 5) is 12.6. The first-order valence-electron chi connectivity index (χ1n) is 10.1. The Labute approximate surface area is 201 Å². The summed E-state index contributed by atoms with van der Waals surface area (Å²) in [5.41, 5.74) is 3.32. The van der Waals surface area contributed by atoms with Crippen molar-refractivity contribution in [2.45, 2.75) is 13.5 Å². The van der Waals surface area contributed by atoms with E-state index < -0.39 is 5.91 Å². The zero-order valence-electron chi connectivity index (χ0n) is 18.5. The Hall–Kier alpha value is -3.76. The van der Waals surface area contributed by atoms with Gasteiger partial charge in [-0.2, -0.15) is 5.26 Å². The van der Waals surface area contributed by atoms with Crippen molar-refractivity contribution in [1.29, 1.82) is 5.26 Å². The minimum Gasteiger partial charge on any atom is -0.497 e. The van der Waals surface area contributed by atoms with Gasteiger partial charge in [0.2, 0.25) is 0 Å². The molecule has 0 saturated heterocycles. The van der Waals surface area contributed by atoms with Crippen LogP contribution in [0.25, 0.3) is 6.08 Å². The van der Waals surface area contributed by atoms with Crippen molar-refractivity contribution < 1.29 is 19.0 Å². The van der Waals surface area contributed by atoms with Gasteiger partial charge in [0.15, 0.2) is 11.5 Å². The van der Waals surface area contributed by atoms with Gasteiger partial charge in [0.05, 0.1) is 14.2 Å². The molecule has 3 rings (SSSR count). The van der Waals surface area contributed by atoms with Gasteiger partial charge in [-0.05, 0) is 60.5 Å². The molecule has 7 heteroatoms. The molecule has 0 aliphatic carbocycles. The number of hydrogen-bond acceptors (Lipinski definition) is 5. The predicted octanol–water partition coefficient (Wildman–Crippen LogP) is 5.90. The zero-order chi connectivity index (χ0) is 23.8. The fraction of sp³-hybridized carbons (Fsp3) is 0.154. The fourth-order valence-electron chi connectivity index (χ4n) is 2.96. The maximum Gasteiger partial charge on any atom is 0.266 e. The maximum absolute atomic E-state index is 12.6. The Morgan fingerprint density at radius 3 is 2.33 bits per heavy atom. The van der Waals surface area contributed by atoms with Crippen molar-refractivity contribution in [3.05, 3.63) is 87.4 Å². The Balaban J connectivity index is 1.79. The molecule has 0 atom stereocenters. The van der Waals surface area contributed by atoms with E-state index in [0.717, 1.165) is 5.56 Å². The number of rotatable bonds is 8. The first-order valence-corrected chi connectivity index (χ1v) is 10.9. The Morgan fingerprint density at radius 1 is 1.03 bits per heavy atom. The molecule has 1 N–H and O–H groups in total. The first-order chi connectivity index (χ1) is 15.9. The van der Waals surface area contributed by atoms with Crippen LogP contribution < -0.4 is 19.5 Å². The first kappa shape index (κ1) is 23.9. The molecular formula is C26H23BrN2O4. The standard InChI is InChI=1S/C26H23BrN2O4/c1-17-4-6-18(7-5-17)16-33-25-14-23(27)19(13-24(25)32-3)12-20(15-28)26(30)29-21-8-10-22(31-2)11-9-21/h4-14H,16H2,1-3H3,(H,29,30)/b20-12-. The molecule has 168 valence electrons. The van der Waals surface area contributed by atoms with Gasteiger partial charge < -0.3 is 19.5 Å². The van der Waals surface area contributed by atoms with Crippen molar-refractivity contribution in [2.24, 2.45) is 0 Å². The van der Waals surface area contributed by atoms with Gasteiger partial charge in [0.1, 0.15) is 24.0 Å². The molecule has 0 radical (unpaired) electrons. The van der Waals surface area contributed by atoms with E-state index in [1.807, 2.05) is 37.3 Å². The van der Waals surface area contributed by atoms with E-state index in [1.54, 1.807) is 43.5 Å². The van der Waals surface area contributed by atoms with Crippen LogP contribution in [0.3, 0.4) is 0 Å². The number of nitrogens with one attached hydrogen (secondary N) is 1. The Kier molecular flexibility index (Phi) is 8.11. The molecule has 0 saturated carbocycles. The normalized spacial score (nSPS) is 10.8. The lowest BCUT2D eigenvalue weighted by Crippen LogP contribution is -2.13. The van der Waals surface area contributed by atoms with E-state index in [1.165, 1.54) is 18.7 Å². The van der Waals surface area contributed by atoms with Crippen LogP contribution in [0.4, 0.5) is 5.69 Å². The summed E-state index contributed by atoms with van der Waals surface area (Å²) in [6.45, 7) is 2.41. The van der Waals surface area contributed by atoms with E-state index in [4.69, 9.17) is 14.2 Å². The lowest BCUT2D eigenvalue weighted by Gasteiger charge is -2.13. The highest BCUT2D eigenvalue weighted by Crippen LogP contribution is 2.35. The molecule has 0 fully saturated rings. The SMILES string of the molecule is COc1ccc(NC(=O)/C(C#N)=C\c2cc(OC)c(OCc3ccc(C)cc3)cc2Br)cc1. The number of aryl methyl sites for hydroxylation is 1. The highest BCUT2D eigenvalue weighted by atomic mass is 79.9. The van der Waals surface area contributed by atoms with Gasteiger partial charge in [0.25, 0.3) is 5.91 Å². The molecule has 3 aromatic rings. The molecule has 0 aliphatic heterocycles. The van der Waals surface area contributed by atoms with E-state index in [2.05, 4.69) is 21.2 Å². The van der Waals surface area contributed by atoms with Crippen molar-refractivity contribution in [3.63, 3.8) is 0 Å². The quantitative estimate of drug-likeness (QED) is 0.303. The van der Waals surface area contributed by atoms with Gasteiger partial charge in [-0.25, -0.2) is 0 Å². The van der Waals surface area contributed by atoms with Crippen molar-refractivity contribution in [1.82, 2.24) is 0 Å². The van der Waals surface area contributed by atoms with Crippen LogP contribution in [0.15, 0.2) is 70.7 Å². The number of ether oxygens (including phenoxy) is 3. The number of carbonyl (C=O) groups excluding carboxylic acids is 1. The predicted molar refractivity (Wildman–Crippen MR) is 131 cm³/mol. The van der Waals surface area contributed by atoms with Crippen molar-refractivity contribution in [3.8, 4) is 23.3 Å². The van der Waals surface area contributed by atoms with E-state index in [-0.39, 0.29) is 5.57 Å². The van der Waals surface area contributed by atoms with Crippen LogP contribution in [-0.2, 0) is 11.4 Å². The van der Waals surface area contributed by atoms with E-state index in [0.29, 0.717) is 39.6 Å². The summed E-state index contributed by atoms with van der Waals surface area (Å²) in [7, 11) is 3.10. The molecule has 0 aliphatic rings. The van der Waals surface area contributed by atoms with Crippen molar-refractivity contribution in [2.75, 3.05) is 19.5 Å². The minimum absolute atomic E-state index is 0.0538. The number of anilines is 1. The number of carbonyl (C=O) groups is 1. The second-order valence-electron chi connectivity index (χ2n) is 7.15. The number of nitriles is 1. The van der Waals surface area contributed by atoms with E-state index in [9.17, 15) is 10.1 Å². The van der Waals surface area contributed by atoms with Crippen LogP contribution in [0.1, 0.15) is 16.7 Å². The second kappa shape index (κ2) is 11.2. The molecule has 6 nitrogen and oxygen atoms in total. The summed E-state index contributed by atoms with van der Waals surface area (Å²) in [5.74, 6) is 1.19. The van der Waals surface area contributed by atoms with Gasteiger partial charge >= 0.3 is 0 Å². The summed E-state index contributed by atoms with van der Waals surface area (Å²) in [5, 5.41) is 12.3. The third-order valence-corrected chi connectivity index (χ3v) is 5.50. The fourth-order valence-corrected chi connectivity index (χ4v) is 3.39.